The van der Waals surface area contributed by atoms with Crippen LogP contribution in [0.25, 0.3) is 0 Å². The highest BCUT2D eigenvalue weighted by atomic mass is 32.2. The van der Waals surface area contributed by atoms with Crippen LogP contribution >= 0.6 is 11.8 Å². The van der Waals surface area contributed by atoms with Crippen molar-refractivity contribution >= 4 is 23.4 Å². The molecule has 1 aromatic carbocycles. The number of hydrogen-bond acceptors (Lipinski definition) is 5. The molecule has 0 spiro atoms. The number of ether oxygens (including phenoxy) is 1. The molecule has 0 aliphatic carbocycles. The van der Waals surface area contributed by atoms with Crippen molar-refractivity contribution in [3.63, 3.8) is 0 Å². The van der Waals surface area contributed by atoms with Crippen molar-refractivity contribution in [1.29, 1.82) is 0 Å². The minimum atomic E-state index is -0.288. The molecule has 2 rings (SSSR count). The van der Waals surface area contributed by atoms with Gasteiger partial charge in [0.25, 0.3) is 0 Å². The zero-order valence-corrected chi connectivity index (χ0v) is 12.9. The number of nitrogen functional groups attached to an aromatic ring is 1. The summed E-state index contributed by atoms with van der Waals surface area (Å²) in [7, 11) is 0. The molecule has 0 amide bonds. The van der Waals surface area contributed by atoms with Gasteiger partial charge in [-0.1, -0.05) is 12.1 Å². The number of anilines is 1. The lowest BCUT2D eigenvalue weighted by Gasteiger charge is -2.08. The number of carbonyl (C=O) groups is 1. The van der Waals surface area contributed by atoms with E-state index in [0.29, 0.717) is 11.3 Å². The van der Waals surface area contributed by atoms with Gasteiger partial charge in [-0.3, -0.25) is 0 Å². The number of benzene rings is 1. The molecule has 2 aromatic rings. The number of esters is 1. The monoisotopic (exact) mass is 302 g/mol. The molecule has 0 saturated heterocycles. The Morgan fingerprint density at radius 1 is 1.24 bits per heavy atom. The number of aromatic nitrogens is 1. The van der Waals surface area contributed by atoms with Crippen molar-refractivity contribution in [2.24, 2.45) is 0 Å². The Morgan fingerprint density at radius 3 is 2.52 bits per heavy atom. The van der Waals surface area contributed by atoms with Gasteiger partial charge in [-0.05, 0) is 43.7 Å². The van der Waals surface area contributed by atoms with Crippen molar-refractivity contribution in [2.75, 3.05) is 5.73 Å². The zero-order chi connectivity index (χ0) is 15.2. The van der Waals surface area contributed by atoms with Crippen molar-refractivity contribution in [1.82, 2.24) is 4.98 Å². The van der Waals surface area contributed by atoms with E-state index in [0.717, 1.165) is 16.3 Å². The third-order valence-electron chi connectivity index (χ3n) is 2.68. The first-order valence-electron chi connectivity index (χ1n) is 6.69. The first-order chi connectivity index (χ1) is 10.0. The molecule has 1 aromatic heterocycles. The van der Waals surface area contributed by atoms with Gasteiger partial charge in [0.15, 0.2) is 0 Å². The fraction of sp³-hybridized carbons (Fsp3) is 0.250. The van der Waals surface area contributed by atoms with Gasteiger partial charge in [-0.25, -0.2) is 9.78 Å². The molecule has 0 bridgehead atoms. The molecule has 0 aliphatic heterocycles. The van der Waals surface area contributed by atoms with Crippen molar-refractivity contribution < 1.29 is 9.53 Å². The third-order valence-corrected chi connectivity index (χ3v) is 3.69. The van der Waals surface area contributed by atoms with Gasteiger partial charge in [0.05, 0.1) is 28.6 Å². The van der Waals surface area contributed by atoms with E-state index in [4.69, 9.17) is 10.5 Å². The van der Waals surface area contributed by atoms with E-state index in [-0.39, 0.29) is 12.1 Å². The fourth-order valence-corrected chi connectivity index (χ4v) is 2.45. The quantitative estimate of drug-likeness (QED) is 0.676. The van der Waals surface area contributed by atoms with E-state index in [2.05, 4.69) is 4.98 Å². The summed E-state index contributed by atoms with van der Waals surface area (Å²) in [6, 6.07) is 11.2. The van der Waals surface area contributed by atoms with Gasteiger partial charge >= 0.3 is 5.97 Å². The Morgan fingerprint density at radius 2 is 1.95 bits per heavy atom. The van der Waals surface area contributed by atoms with E-state index in [1.165, 1.54) is 0 Å². The van der Waals surface area contributed by atoms with E-state index in [1.807, 2.05) is 38.1 Å². The molecule has 2 N–H and O–H groups in total. The largest absolute Gasteiger partial charge is 0.459 e. The molecular formula is C16H18N2O2S. The van der Waals surface area contributed by atoms with Crippen LogP contribution in [0.2, 0.25) is 0 Å². The predicted octanol–water partition coefficient (Wildman–Crippen LogP) is 3.52. The number of nitrogens with two attached hydrogens (primary N) is 1. The summed E-state index contributed by atoms with van der Waals surface area (Å²) >= 11 is 1.62. The summed E-state index contributed by atoms with van der Waals surface area (Å²) in [5.41, 5.74) is 7.95. The van der Waals surface area contributed by atoms with Crippen LogP contribution in [-0.2, 0) is 10.5 Å². The Bertz CT molecular complexity index is 595. The summed E-state index contributed by atoms with van der Waals surface area (Å²) in [6.45, 7) is 3.67. The van der Waals surface area contributed by atoms with Gasteiger partial charge in [0, 0.05) is 5.75 Å². The fourth-order valence-electron chi connectivity index (χ4n) is 1.65. The van der Waals surface area contributed by atoms with Crippen LogP contribution in [0.1, 0.15) is 29.8 Å². The van der Waals surface area contributed by atoms with Gasteiger partial charge in [-0.2, -0.15) is 0 Å². The Hall–Kier alpha value is -2.01. The highest BCUT2D eigenvalue weighted by Crippen LogP contribution is 2.21. The maximum Gasteiger partial charge on any atom is 0.338 e. The summed E-state index contributed by atoms with van der Waals surface area (Å²) in [5.74, 6) is 0.501. The van der Waals surface area contributed by atoms with Crippen LogP contribution in [0.3, 0.4) is 0 Å². The summed E-state index contributed by atoms with van der Waals surface area (Å²) in [4.78, 5) is 16.0. The van der Waals surface area contributed by atoms with Crippen LogP contribution in [-0.4, -0.2) is 17.1 Å². The number of rotatable bonds is 5. The Kier molecular flexibility index (Phi) is 5.22. The number of pyridine rings is 1. The second-order valence-corrected chi connectivity index (χ2v) is 5.87. The topological polar surface area (TPSA) is 65.2 Å². The molecule has 1 heterocycles. The lowest BCUT2D eigenvalue weighted by Crippen LogP contribution is -2.11. The van der Waals surface area contributed by atoms with E-state index in [9.17, 15) is 4.79 Å². The first-order valence-corrected chi connectivity index (χ1v) is 7.67. The molecule has 0 fully saturated rings. The molecule has 21 heavy (non-hydrogen) atoms. The summed E-state index contributed by atoms with van der Waals surface area (Å²) in [6.07, 6.45) is 1.54. The molecule has 0 radical (unpaired) electrons. The van der Waals surface area contributed by atoms with E-state index in [1.54, 1.807) is 30.1 Å². The maximum atomic E-state index is 11.7. The Balaban J connectivity index is 1.93. The van der Waals surface area contributed by atoms with Gasteiger partial charge < -0.3 is 10.5 Å². The van der Waals surface area contributed by atoms with Crippen LogP contribution < -0.4 is 5.73 Å². The molecule has 0 atom stereocenters. The summed E-state index contributed by atoms with van der Waals surface area (Å²) < 4.78 is 5.15. The normalized spacial score (nSPS) is 10.6. The predicted molar refractivity (Wildman–Crippen MR) is 85.2 cm³/mol. The number of thioether (sulfide) groups is 1. The van der Waals surface area contributed by atoms with E-state index >= 15 is 0 Å². The average Bonchev–Trinajstić information content (AvgIpc) is 2.46. The smallest absolute Gasteiger partial charge is 0.338 e. The second-order valence-electron chi connectivity index (χ2n) is 4.87. The lowest BCUT2D eigenvalue weighted by molar-refractivity contribution is 0.0378. The lowest BCUT2D eigenvalue weighted by atomic mass is 10.1. The van der Waals surface area contributed by atoms with Gasteiger partial charge in [0.1, 0.15) is 0 Å². The standard InChI is InChI=1S/C16H18N2O2S/c1-11(2)20-16(19)13-5-3-12(4-6-13)10-21-15-8-7-14(17)9-18-15/h3-9,11H,10,17H2,1-2H3. The number of hydrogen-bond donors (Lipinski definition) is 1. The molecule has 5 heteroatoms. The molecule has 4 nitrogen and oxygen atoms in total. The van der Waals surface area contributed by atoms with Crippen LogP contribution in [0.5, 0.6) is 0 Å². The molecular weight excluding hydrogens is 284 g/mol. The Labute approximate surface area is 128 Å². The number of nitrogens with zero attached hydrogens (tertiary/aromatic N) is 1. The van der Waals surface area contributed by atoms with Crippen molar-refractivity contribution in [3.8, 4) is 0 Å². The van der Waals surface area contributed by atoms with Crippen molar-refractivity contribution in [3.05, 3.63) is 53.7 Å². The zero-order valence-electron chi connectivity index (χ0n) is 12.1. The number of carbonyl (C=O) groups excluding carboxylic acids is 1. The molecule has 110 valence electrons. The average molecular weight is 302 g/mol. The highest BCUT2D eigenvalue weighted by Gasteiger charge is 2.08. The van der Waals surface area contributed by atoms with Crippen LogP contribution in [0.15, 0.2) is 47.6 Å². The van der Waals surface area contributed by atoms with Crippen LogP contribution in [0, 0.1) is 0 Å². The van der Waals surface area contributed by atoms with Crippen molar-refractivity contribution in [2.45, 2.75) is 30.7 Å². The highest BCUT2D eigenvalue weighted by molar-refractivity contribution is 7.98. The first kappa shape index (κ1) is 15.4. The summed E-state index contributed by atoms with van der Waals surface area (Å²) in [5, 5.41) is 0.924. The minimum absolute atomic E-state index is 0.107. The SMILES string of the molecule is CC(C)OC(=O)c1ccc(CSc2ccc(N)cn2)cc1. The maximum absolute atomic E-state index is 11.7. The molecule has 0 saturated carbocycles. The third kappa shape index (κ3) is 4.79. The van der Waals surface area contributed by atoms with E-state index < -0.39 is 0 Å². The van der Waals surface area contributed by atoms with Crippen LogP contribution in [0.4, 0.5) is 5.69 Å². The van der Waals surface area contributed by atoms with Gasteiger partial charge in [-0.15, -0.1) is 11.8 Å². The molecule has 0 aliphatic rings. The second kappa shape index (κ2) is 7.13. The molecule has 0 unspecified atom stereocenters. The minimum Gasteiger partial charge on any atom is -0.459 e. The van der Waals surface area contributed by atoms with Gasteiger partial charge in [0.2, 0.25) is 0 Å².